The molecule has 0 spiro atoms. The van der Waals surface area contributed by atoms with E-state index >= 15 is 0 Å². The number of nitrogens with one attached hydrogen (secondary N) is 1. The molecule has 23 heavy (non-hydrogen) atoms. The Morgan fingerprint density at radius 2 is 2.00 bits per heavy atom. The van der Waals surface area contributed by atoms with E-state index in [0.717, 1.165) is 0 Å². The number of aryl methyl sites for hydroxylation is 1. The van der Waals surface area contributed by atoms with Gasteiger partial charge in [-0.2, -0.15) is 0 Å². The third-order valence-electron chi connectivity index (χ3n) is 3.06. The second-order valence-electron chi connectivity index (χ2n) is 4.70. The predicted molar refractivity (Wildman–Crippen MR) is 79.9 cm³/mol. The second kappa shape index (κ2) is 5.84. The molecule has 0 fully saturated rings. The lowest BCUT2D eigenvalue weighted by atomic mass is 10.3. The minimum atomic E-state index is -0.608. The van der Waals surface area contributed by atoms with Crippen molar-refractivity contribution >= 4 is 11.7 Å². The van der Waals surface area contributed by atoms with Gasteiger partial charge in [0.05, 0.1) is 5.69 Å². The summed E-state index contributed by atoms with van der Waals surface area (Å²) in [5.41, 5.74) is 0.580. The summed E-state index contributed by atoms with van der Waals surface area (Å²) < 4.78 is 14.4. The van der Waals surface area contributed by atoms with Crippen LogP contribution in [0.2, 0.25) is 0 Å². The van der Waals surface area contributed by atoms with Crippen molar-refractivity contribution in [3.05, 3.63) is 60.1 Å². The van der Waals surface area contributed by atoms with Crippen molar-refractivity contribution in [2.45, 2.75) is 6.92 Å². The molecule has 0 aliphatic rings. The first-order valence-corrected chi connectivity index (χ1v) is 6.69. The van der Waals surface area contributed by atoms with Gasteiger partial charge in [0.2, 0.25) is 5.82 Å². The van der Waals surface area contributed by atoms with Crippen LogP contribution in [0.5, 0.6) is 5.75 Å². The van der Waals surface area contributed by atoms with Crippen LogP contribution in [-0.2, 0) is 0 Å². The van der Waals surface area contributed by atoms with Gasteiger partial charge in [0.25, 0.3) is 5.91 Å². The summed E-state index contributed by atoms with van der Waals surface area (Å²) in [4.78, 5) is 20.1. The summed E-state index contributed by atoms with van der Waals surface area (Å²) in [6.45, 7) is 1.67. The number of pyridine rings is 1. The minimum absolute atomic E-state index is 0.0216. The van der Waals surface area contributed by atoms with Crippen molar-refractivity contribution < 1.29 is 14.3 Å². The van der Waals surface area contributed by atoms with Crippen molar-refractivity contribution in [1.82, 2.24) is 19.7 Å². The number of benzene rings is 1. The van der Waals surface area contributed by atoms with E-state index in [9.17, 15) is 14.3 Å². The fraction of sp³-hybridized carbons (Fsp3) is 0.0667. The molecule has 2 heterocycles. The molecule has 2 N–H and O–H groups in total. The fourth-order valence-corrected chi connectivity index (χ4v) is 1.97. The Morgan fingerprint density at radius 3 is 2.70 bits per heavy atom. The summed E-state index contributed by atoms with van der Waals surface area (Å²) in [5.74, 6) is -0.731. The van der Waals surface area contributed by atoms with Crippen LogP contribution in [0.1, 0.15) is 16.4 Å². The van der Waals surface area contributed by atoms with Crippen molar-refractivity contribution in [3.63, 3.8) is 0 Å². The number of carbonyl (C=O) groups is 1. The van der Waals surface area contributed by atoms with Gasteiger partial charge >= 0.3 is 0 Å². The van der Waals surface area contributed by atoms with E-state index in [4.69, 9.17) is 0 Å². The number of nitrogens with zero attached hydrogens (tertiary/aromatic N) is 4. The summed E-state index contributed by atoms with van der Waals surface area (Å²) in [7, 11) is 0. The van der Waals surface area contributed by atoms with E-state index in [2.05, 4.69) is 20.4 Å². The quantitative estimate of drug-likeness (QED) is 0.772. The van der Waals surface area contributed by atoms with Gasteiger partial charge in [-0.1, -0.05) is 0 Å². The second-order valence-corrected chi connectivity index (χ2v) is 4.70. The molecule has 0 aliphatic carbocycles. The Labute approximate surface area is 130 Å². The highest BCUT2D eigenvalue weighted by Gasteiger charge is 2.17. The Kier molecular flexibility index (Phi) is 3.71. The lowest BCUT2D eigenvalue weighted by Gasteiger charge is -2.03. The first-order valence-electron chi connectivity index (χ1n) is 6.69. The standard InChI is InChI=1S/C15H12FN5O2/c1-9-18-14(15(23)19-13-12(22)3-2-8-17-13)20-21(9)11-6-4-10(16)5-7-11/h2-8,22H,1H3,(H,17,19,23). The molecule has 116 valence electrons. The smallest absolute Gasteiger partial charge is 0.296 e. The molecule has 0 unspecified atom stereocenters. The van der Waals surface area contributed by atoms with E-state index in [1.165, 1.54) is 47.3 Å². The van der Waals surface area contributed by atoms with Crippen LogP contribution in [0.3, 0.4) is 0 Å². The van der Waals surface area contributed by atoms with Gasteiger partial charge in [0.15, 0.2) is 11.6 Å². The van der Waals surface area contributed by atoms with Crippen LogP contribution in [0.25, 0.3) is 5.69 Å². The number of anilines is 1. The van der Waals surface area contributed by atoms with Gasteiger partial charge in [0.1, 0.15) is 11.6 Å². The van der Waals surface area contributed by atoms with E-state index in [1.807, 2.05) is 0 Å². The molecule has 7 nitrogen and oxygen atoms in total. The first-order chi connectivity index (χ1) is 11.0. The zero-order chi connectivity index (χ0) is 16.4. The number of halogens is 1. The molecule has 0 bridgehead atoms. The summed E-state index contributed by atoms with van der Waals surface area (Å²) >= 11 is 0. The fourth-order valence-electron chi connectivity index (χ4n) is 1.97. The third kappa shape index (κ3) is 3.00. The number of hydrogen-bond donors (Lipinski definition) is 2. The number of aromatic nitrogens is 4. The summed E-state index contributed by atoms with van der Waals surface area (Å²) in [6, 6.07) is 8.59. The van der Waals surface area contributed by atoms with E-state index in [-0.39, 0.29) is 23.2 Å². The summed E-state index contributed by atoms with van der Waals surface area (Å²) in [5, 5.41) is 16.1. The maximum Gasteiger partial charge on any atom is 0.296 e. The molecule has 1 amide bonds. The first kappa shape index (κ1) is 14.6. The highest BCUT2D eigenvalue weighted by Crippen LogP contribution is 2.19. The molecule has 3 rings (SSSR count). The average Bonchev–Trinajstić information content (AvgIpc) is 2.92. The minimum Gasteiger partial charge on any atom is -0.504 e. The SMILES string of the molecule is Cc1nc(C(=O)Nc2ncccc2O)nn1-c1ccc(F)cc1. The summed E-state index contributed by atoms with van der Waals surface area (Å²) in [6.07, 6.45) is 1.44. The predicted octanol–water partition coefficient (Wildman–Crippen LogP) is 2.07. The molecule has 0 aliphatic heterocycles. The van der Waals surface area contributed by atoms with Crippen molar-refractivity contribution in [2.24, 2.45) is 0 Å². The van der Waals surface area contributed by atoms with Gasteiger partial charge in [-0.15, -0.1) is 5.10 Å². The van der Waals surface area contributed by atoms with Crippen molar-refractivity contribution in [3.8, 4) is 11.4 Å². The highest BCUT2D eigenvalue weighted by molar-refractivity contribution is 6.01. The van der Waals surface area contributed by atoms with Gasteiger partial charge < -0.3 is 10.4 Å². The van der Waals surface area contributed by atoms with Crippen LogP contribution in [0.4, 0.5) is 10.2 Å². The maximum atomic E-state index is 13.0. The largest absolute Gasteiger partial charge is 0.504 e. The third-order valence-corrected chi connectivity index (χ3v) is 3.06. The zero-order valence-electron chi connectivity index (χ0n) is 12.1. The lowest BCUT2D eigenvalue weighted by Crippen LogP contribution is -2.15. The van der Waals surface area contributed by atoms with Gasteiger partial charge in [-0.3, -0.25) is 4.79 Å². The van der Waals surface area contributed by atoms with Crippen LogP contribution in [-0.4, -0.2) is 30.8 Å². The molecule has 0 saturated heterocycles. The monoisotopic (exact) mass is 313 g/mol. The van der Waals surface area contributed by atoms with Gasteiger partial charge in [-0.05, 0) is 43.3 Å². The molecule has 8 heteroatoms. The molecular formula is C15H12FN5O2. The maximum absolute atomic E-state index is 13.0. The molecule has 0 saturated carbocycles. The molecular weight excluding hydrogens is 301 g/mol. The molecule has 0 atom stereocenters. The highest BCUT2D eigenvalue weighted by atomic mass is 19.1. The van der Waals surface area contributed by atoms with Gasteiger partial charge in [0, 0.05) is 6.20 Å². The zero-order valence-corrected chi connectivity index (χ0v) is 12.1. The van der Waals surface area contributed by atoms with Crippen LogP contribution < -0.4 is 5.32 Å². The number of carbonyl (C=O) groups excluding carboxylic acids is 1. The molecule has 2 aromatic heterocycles. The van der Waals surface area contributed by atoms with Crippen LogP contribution in [0, 0.1) is 12.7 Å². The van der Waals surface area contributed by atoms with Crippen molar-refractivity contribution in [2.75, 3.05) is 5.32 Å². The van der Waals surface area contributed by atoms with Crippen LogP contribution in [0.15, 0.2) is 42.6 Å². The van der Waals surface area contributed by atoms with Crippen molar-refractivity contribution in [1.29, 1.82) is 0 Å². The van der Waals surface area contributed by atoms with Crippen LogP contribution >= 0.6 is 0 Å². The molecule has 0 radical (unpaired) electrons. The number of hydrogen-bond acceptors (Lipinski definition) is 5. The van der Waals surface area contributed by atoms with E-state index in [0.29, 0.717) is 11.5 Å². The molecule has 1 aromatic carbocycles. The Hall–Kier alpha value is -3.29. The molecule has 3 aromatic rings. The Bertz CT molecular complexity index is 861. The number of rotatable bonds is 3. The van der Waals surface area contributed by atoms with E-state index < -0.39 is 5.91 Å². The van der Waals surface area contributed by atoms with Gasteiger partial charge in [-0.25, -0.2) is 19.0 Å². The topological polar surface area (TPSA) is 92.9 Å². The lowest BCUT2D eigenvalue weighted by molar-refractivity contribution is 0.101. The number of amides is 1. The van der Waals surface area contributed by atoms with E-state index in [1.54, 1.807) is 6.92 Å². The normalized spacial score (nSPS) is 10.5. The Balaban J connectivity index is 1.87. The number of aromatic hydroxyl groups is 1. The Morgan fingerprint density at radius 1 is 1.26 bits per heavy atom. The average molecular weight is 313 g/mol.